The summed E-state index contributed by atoms with van der Waals surface area (Å²) >= 11 is 17.8. The molecule has 6 atom stereocenters. The van der Waals surface area contributed by atoms with Crippen molar-refractivity contribution in [1.82, 2.24) is 4.90 Å². The van der Waals surface area contributed by atoms with Crippen molar-refractivity contribution in [3.63, 3.8) is 0 Å². The van der Waals surface area contributed by atoms with Gasteiger partial charge in [0.25, 0.3) is 11.8 Å². The van der Waals surface area contributed by atoms with Gasteiger partial charge in [0.05, 0.1) is 17.5 Å². The number of anilines is 1. The number of alkyl halides is 2. The molecule has 1 saturated carbocycles. The lowest BCUT2D eigenvalue weighted by Crippen LogP contribution is -2.60. The number of ketones is 1. The van der Waals surface area contributed by atoms with Crippen LogP contribution in [0.5, 0.6) is 5.75 Å². The standard InChI is InChI=1S/C34H25BrCl2N2O6/c1-38-31(44)33(36)16-24-21(27(34(33,37)32(38)45)23-15-19(35)9-14-25(23)40)12-13-22-26(24)30(43)39(29(22)42)20-10-7-18(8-11-20)28(41)17-5-3-2-4-6-17/h2-12,14-15,22,24,26-27,40H,13,16H2,1H3. The first-order chi connectivity index (χ1) is 21.4. The van der Waals surface area contributed by atoms with Crippen LogP contribution in [-0.2, 0) is 19.2 Å². The van der Waals surface area contributed by atoms with Gasteiger partial charge in [0.1, 0.15) is 5.75 Å². The van der Waals surface area contributed by atoms with Gasteiger partial charge in [-0.05, 0) is 61.2 Å². The van der Waals surface area contributed by atoms with Gasteiger partial charge in [-0.15, -0.1) is 23.2 Å². The summed E-state index contributed by atoms with van der Waals surface area (Å²) in [7, 11) is 1.31. The van der Waals surface area contributed by atoms with Crippen LogP contribution in [0, 0.1) is 17.8 Å². The zero-order valence-electron chi connectivity index (χ0n) is 23.7. The first-order valence-electron chi connectivity index (χ1n) is 14.4. The van der Waals surface area contributed by atoms with E-state index >= 15 is 0 Å². The van der Waals surface area contributed by atoms with Crippen LogP contribution in [0.1, 0.15) is 40.2 Å². The molecule has 45 heavy (non-hydrogen) atoms. The summed E-state index contributed by atoms with van der Waals surface area (Å²) in [5.74, 6) is -6.00. The summed E-state index contributed by atoms with van der Waals surface area (Å²) < 4.78 is 0.602. The zero-order valence-corrected chi connectivity index (χ0v) is 26.8. The second kappa shape index (κ2) is 10.4. The van der Waals surface area contributed by atoms with Crippen molar-refractivity contribution >= 4 is 74.2 Å². The molecular formula is C34H25BrCl2N2O6. The number of benzene rings is 3. The first kappa shape index (κ1) is 29.9. The van der Waals surface area contributed by atoms with Crippen molar-refractivity contribution < 1.29 is 29.1 Å². The van der Waals surface area contributed by atoms with Gasteiger partial charge in [-0.3, -0.25) is 33.8 Å². The average molecular weight is 708 g/mol. The van der Waals surface area contributed by atoms with Crippen LogP contribution in [0.2, 0.25) is 0 Å². The van der Waals surface area contributed by atoms with E-state index in [1.165, 1.54) is 13.1 Å². The molecule has 1 N–H and O–H groups in total. The topological polar surface area (TPSA) is 112 Å². The van der Waals surface area contributed by atoms with E-state index in [1.54, 1.807) is 60.7 Å². The number of likely N-dealkylation sites (tertiary alicyclic amines) is 1. The van der Waals surface area contributed by atoms with E-state index in [0.29, 0.717) is 26.9 Å². The van der Waals surface area contributed by atoms with Gasteiger partial charge < -0.3 is 5.11 Å². The van der Waals surface area contributed by atoms with Crippen LogP contribution in [-0.4, -0.2) is 56.2 Å². The molecule has 3 aromatic carbocycles. The fourth-order valence-corrected chi connectivity index (χ4v) is 9.01. The fourth-order valence-electron chi connectivity index (χ4n) is 7.62. The summed E-state index contributed by atoms with van der Waals surface area (Å²) in [6.07, 6.45) is 1.85. The molecule has 0 radical (unpaired) electrons. The molecule has 3 aromatic rings. The minimum absolute atomic E-state index is 0.150. The van der Waals surface area contributed by atoms with E-state index in [4.69, 9.17) is 23.2 Å². The van der Waals surface area contributed by atoms with E-state index in [1.807, 2.05) is 12.1 Å². The zero-order chi connectivity index (χ0) is 32.0. The Kier molecular flexibility index (Phi) is 6.89. The number of halogens is 3. The highest BCUT2D eigenvalue weighted by atomic mass is 79.9. The third-order valence-electron chi connectivity index (χ3n) is 9.74. The van der Waals surface area contributed by atoms with E-state index < -0.39 is 57.0 Å². The number of aromatic hydroxyl groups is 1. The number of carbonyl (C=O) groups is 5. The third kappa shape index (κ3) is 4.06. The van der Waals surface area contributed by atoms with Crippen LogP contribution in [0.3, 0.4) is 0 Å². The number of carbonyl (C=O) groups excluding carboxylic acids is 5. The van der Waals surface area contributed by atoms with Gasteiger partial charge in [0.15, 0.2) is 15.5 Å². The van der Waals surface area contributed by atoms with E-state index in [2.05, 4.69) is 15.9 Å². The molecule has 3 fully saturated rings. The number of hydrogen-bond acceptors (Lipinski definition) is 6. The van der Waals surface area contributed by atoms with Crippen LogP contribution in [0.15, 0.2) is 88.9 Å². The first-order valence-corrected chi connectivity index (χ1v) is 15.9. The molecule has 7 rings (SSSR count). The monoisotopic (exact) mass is 706 g/mol. The van der Waals surface area contributed by atoms with E-state index in [9.17, 15) is 29.1 Å². The average Bonchev–Trinajstić information content (AvgIpc) is 3.37. The SMILES string of the molecule is CN1C(=O)C2(Cl)CC3C(=CCC4C(=O)N(c5ccc(C(=O)c6ccccc6)cc5)C(=O)C43)C(c3cc(Br)ccc3O)C2(Cl)C1=O. The number of amides is 4. The maximum atomic E-state index is 14.2. The van der Waals surface area contributed by atoms with E-state index in [-0.39, 0.29) is 29.9 Å². The smallest absolute Gasteiger partial charge is 0.253 e. The lowest BCUT2D eigenvalue weighted by atomic mass is 9.56. The van der Waals surface area contributed by atoms with Crippen LogP contribution in [0.4, 0.5) is 5.69 Å². The lowest BCUT2D eigenvalue weighted by Gasteiger charge is -2.50. The van der Waals surface area contributed by atoms with Gasteiger partial charge in [-0.25, -0.2) is 0 Å². The highest BCUT2D eigenvalue weighted by Crippen LogP contribution is 2.66. The third-order valence-corrected chi connectivity index (χ3v) is 11.6. The second-order valence-corrected chi connectivity index (χ2v) is 14.1. The van der Waals surface area contributed by atoms with Crippen molar-refractivity contribution in [1.29, 1.82) is 0 Å². The predicted octanol–water partition coefficient (Wildman–Crippen LogP) is 5.58. The predicted molar refractivity (Wildman–Crippen MR) is 170 cm³/mol. The van der Waals surface area contributed by atoms with Gasteiger partial charge in [-0.2, -0.15) is 0 Å². The Balaban J connectivity index is 1.29. The summed E-state index contributed by atoms with van der Waals surface area (Å²) in [5.41, 5.74) is 2.11. The number of phenols is 1. The second-order valence-electron chi connectivity index (χ2n) is 12.0. The van der Waals surface area contributed by atoms with Crippen LogP contribution >= 0.6 is 39.1 Å². The number of phenolic OH excluding ortho intramolecular Hbond substituents is 1. The highest BCUT2D eigenvalue weighted by molar-refractivity contribution is 9.10. The molecule has 2 aliphatic heterocycles. The highest BCUT2D eigenvalue weighted by Gasteiger charge is 2.76. The number of hydrogen-bond donors (Lipinski definition) is 1. The summed E-state index contributed by atoms with van der Waals surface area (Å²) in [4.78, 5) is 66.4. The molecule has 0 bridgehead atoms. The lowest BCUT2D eigenvalue weighted by molar-refractivity contribution is -0.138. The Hall–Kier alpha value is -3.79. The molecule has 2 saturated heterocycles. The summed E-state index contributed by atoms with van der Waals surface area (Å²) in [6, 6.07) is 19.8. The van der Waals surface area contributed by atoms with Crippen LogP contribution < -0.4 is 4.90 Å². The Morgan fingerprint density at radius 3 is 2.24 bits per heavy atom. The van der Waals surface area contributed by atoms with Crippen molar-refractivity contribution in [2.75, 3.05) is 11.9 Å². The molecule has 4 amide bonds. The molecule has 4 aliphatic rings. The normalized spacial score (nSPS) is 30.6. The van der Waals surface area contributed by atoms with Gasteiger partial charge in [0, 0.05) is 34.1 Å². The molecule has 2 aliphatic carbocycles. The molecule has 0 spiro atoms. The Morgan fingerprint density at radius 1 is 0.889 bits per heavy atom. The minimum atomic E-state index is -1.99. The molecular weight excluding hydrogens is 683 g/mol. The fraction of sp³-hybridized carbons (Fsp3) is 0.265. The minimum Gasteiger partial charge on any atom is -0.508 e. The number of rotatable bonds is 4. The van der Waals surface area contributed by atoms with Crippen molar-refractivity contribution in [3.05, 3.63) is 106 Å². The molecule has 228 valence electrons. The maximum Gasteiger partial charge on any atom is 0.253 e. The molecule has 2 heterocycles. The quantitative estimate of drug-likeness (QED) is 0.164. The van der Waals surface area contributed by atoms with Gasteiger partial charge in [-0.1, -0.05) is 57.9 Å². The van der Waals surface area contributed by atoms with Crippen molar-refractivity contribution in [2.24, 2.45) is 17.8 Å². The number of imide groups is 2. The van der Waals surface area contributed by atoms with Crippen LogP contribution in [0.25, 0.3) is 0 Å². The summed E-state index contributed by atoms with van der Waals surface area (Å²) in [5, 5.41) is 11.0. The Morgan fingerprint density at radius 2 is 1.56 bits per heavy atom. The Bertz CT molecular complexity index is 1860. The molecule has 8 nitrogen and oxygen atoms in total. The van der Waals surface area contributed by atoms with Gasteiger partial charge in [0.2, 0.25) is 11.8 Å². The maximum absolute atomic E-state index is 14.2. The van der Waals surface area contributed by atoms with Gasteiger partial charge >= 0.3 is 0 Å². The Labute approximate surface area is 276 Å². The van der Waals surface area contributed by atoms with Crippen molar-refractivity contribution in [2.45, 2.75) is 28.5 Å². The molecule has 0 aromatic heterocycles. The molecule has 6 unspecified atom stereocenters. The molecule has 11 heteroatoms. The largest absolute Gasteiger partial charge is 0.508 e. The summed E-state index contributed by atoms with van der Waals surface area (Å²) in [6.45, 7) is 0. The number of fused-ring (bicyclic) bond motifs is 4. The van der Waals surface area contributed by atoms with E-state index in [0.717, 1.165) is 9.80 Å². The number of allylic oxidation sites excluding steroid dienone is 2. The van der Waals surface area contributed by atoms with Crippen molar-refractivity contribution in [3.8, 4) is 5.75 Å². The number of nitrogens with zero attached hydrogens (tertiary/aromatic N) is 2.